The van der Waals surface area contributed by atoms with Crippen molar-refractivity contribution in [2.75, 3.05) is 21.3 Å². The molecule has 0 saturated carbocycles. The van der Waals surface area contributed by atoms with E-state index in [1.54, 1.807) is 33.5 Å². The summed E-state index contributed by atoms with van der Waals surface area (Å²) >= 11 is 8.26. The Bertz CT molecular complexity index is 657. The fourth-order valence-corrected chi connectivity index (χ4v) is 2.31. The van der Waals surface area contributed by atoms with Crippen molar-refractivity contribution in [1.82, 2.24) is 9.97 Å². The fraction of sp³-hybridized carbons (Fsp3) is 0.286. The van der Waals surface area contributed by atoms with Crippen LogP contribution in [0, 0.1) is 10.5 Å². The molecule has 21 heavy (non-hydrogen) atoms. The van der Waals surface area contributed by atoms with Crippen molar-refractivity contribution < 1.29 is 14.2 Å². The van der Waals surface area contributed by atoms with Crippen LogP contribution in [0.15, 0.2) is 12.1 Å². The molecule has 0 amide bonds. The number of benzene rings is 1. The lowest BCUT2D eigenvalue weighted by Gasteiger charge is -2.14. The highest BCUT2D eigenvalue weighted by molar-refractivity contribution is 14.1. The van der Waals surface area contributed by atoms with E-state index in [1.165, 1.54) is 0 Å². The van der Waals surface area contributed by atoms with Crippen LogP contribution >= 0.6 is 34.2 Å². The highest BCUT2D eigenvalue weighted by Gasteiger charge is 2.17. The second kappa shape index (κ2) is 6.65. The molecule has 0 bridgehead atoms. The topological polar surface area (TPSA) is 53.5 Å². The molecule has 0 N–H and O–H groups in total. The smallest absolute Gasteiger partial charge is 0.165 e. The Balaban J connectivity index is 2.67. The molecule has 0 saturated heterocycles. The Hall–Kier alpha value is -1.28. The predicted molar refractivity (Wildman–Crippen MR) is 89.6 cm³/mol. The van der Waals surface area contributed by atoms with E-state index in [0.29, 0.717) is 33.8 Å². The Labute approximate surface area is 141 Å². The minimum absolute atomic E-state index is 0.412. The molecule has 1 aromatic heterocycles. The van der Waals surface area contributed by atoms with Gasteiger partial charge in [0.2, 0.25) is 0 Å². The van der Waals surface area contributed by atoms with Crippen LogP contribution in [0.3, 0.4) is 0 Å². The maximum absolute atomic E-state index is 6.14. The summed E-state index contributed by atoms with van der Waals surface area (Å²) in [5.74, 6) is 2.22. The first-order valence-corrected chi connectivity index (χ1v) is 7.47. The summed E-state index contributed by atoms with van der Waals surface area (Å²) in [5.41, 5.74) is 1.50. The van der Waals surface area contributed by atoms with Crippen LogP contribution in [0.1, 0.15) is 5.69 Å². The Morgan fingerprint density at radius 2 is 1.52 bits per heavy atom. The van der Waals surface area contributed by atoms with Gasteiger partial charge in [0.1, 0.15) is 10.9 Å². The van der Waals surface area contributed by atoms with Gasteiger partial charge in [-0.1, -0.05) is 11.6 Å². The van der Waals surface area contributed by atoms with Crippen molar-refractivity contribution in [2.45, 2.75) is 6.92 Å². The van der Waals surface area contributed by atoms with Gasteiger partial charge in [0.25, 0.3) is 0 Å². The van der Waals surface area contributed by atoms with Crippen LogP contribution in [-0.4, -0.2) is 31.3 Å². The average Bonchev–Trinajstić information content (AvgIpc) is 2.50. The molecule has 2 aromatic rings. The highest BCUT2D eigenvalue weighted by Crippen LogP contribution is 2.39. The molecule has 0 radical (unpaired) electrons. The Morgan fingerprint density at radius 1 is 0.952 bits per heavy atom. The zero-order valence-corrected chi connectivity index (χ0v) is 14.9. The third kappa shape index (κ3) is 3.16. The minimum atomic E-state index is 0.412. The van der Waals surface area contributed by atoms with Gasteiger partial charge in [0.05, 0.1) is 36.2 Å². The van der Waals surface area contributed by atoms with Crippen molar-refractivity contribution in [2.24, 2.45) is 0 Å². The van der Waals surface area contributed by atoms with E-state index in [2.05, 4.69) is 32.6 Å². The van der Waals surface area contributed by atoms with Gasteiger partial charge in [-0.25, -0.2) is 9.97 Å². The summed E-state index contributed by atoms with van der Waals surface area (Å²) in [5, 5.41) is 0.412. The maximum atomic E-state index is 6.14. The monoisotopic (exact) mass is 420 g/mol. The molecule has 2 rings (SSSR count). The lowest BCUT2D eigenvalue weighted by atomic mass is 10.1. The lowest BCUT2D eigenvalue weighted by Crippen LogP contribution is -2.00. The molecule has 0 aliphatic carbocycles. The number of aryl methyl sites for hydroxylation is 1. The SMILES string of the molecule is COc1cc(OC)c(-c2nc(C)c(I)c(Cl)n2)cc1OC. The number of methoxy groups -OCH3 is 3. The van der Waals surface area contributed by atoms with Crippen molar-refractivity contribution in [3.63, 3.8) is 0 Å². The van der Waals surface area contributed by atoms with Gasteiger partial charge < -0.3 is 14.2 Å². The zero-order valence-electron chi connectivity index (χ0n) is 12.0. The fourth-order valence-electron chi connectivity index (χ4n) is 1.85. The number of hydrogen-bond donors (Lipinski definition) is 0. The van der Waals surface area contributed by atoms with Crippen molar-refractivity contribution in [1.29, 1.82) is 0 Å². The van der Waals surface area contributed by atoms with Gasteiger partial charge in [-0.15, -0.1) is 0 Å². The number of hydrogen-bond acceptors (Lipinski definition) is 5. The first kappa shape index (κ1) is 16.1. The minimum Gasteiger partial charge on any atom is -0.496 e. The molecule has 0 atom stereocenters. The average molecular weight is 421 g/mol. The molecule has 5 nitrogen and oxygen atoms in total. The van der Waals surface area contributed by atoms with Crippen LogP contribution in [-0.2, 0) is 0 Å². The van der Waals surface area contributed by atoms with Crippen LogP contribution in [0.5, 0.6) is 17.2 Å². The molecule has 0 aliphatic heterocycles. The molecule has 1 heterocycles. The van der Waals surface area contributed by atoms with Gasteiger partial charge >= 0.3 is 0 Å². The number of nitrogens with zero attached hydrogens (tertiary/aromatic N) is 2. The summed E-state index contributed by atoms with van der Waals surface area (Å²) in [7, 11) is 4.71. The first-order valence-electron chi connectivity index (χ1n) is 6.01. The number of aromatic nitrogens is 2. The van der Waals surface area contributed by atoms with E-state index < -0.39 is 0 Å². The zero-order chi connectivity index (χ0) is 15.6. The van der Waals surface area contributed by atoms with E-state index in [9.17, 15) is 0 Å². The molecule has 7 heteroatoms. The largest absolute Gasteiger partial charge is 0.496 e. The van der Waals surface area contributed by atoms with Gasteiger partial charge in [-0.2, -0.15) is 0 Å². The molecular formula is C14H14ClIN2O3. The molecule has 112 valence electrons. The first-order chi connectivity index (χ1) is 10.0. The maximum Gasteiger partial charge on any atom is 0.165 e. The summed E-state index contributed by atoms with van der Waals surface area (Å²) in [6, 6.07) is 3.51. The third-order valence-corrected chi connectivity index (χ3v) is 4.81. The second-order valence-corrected chi connectivity index (χ2v) is 5.58. The van der Waals surface area contributed by atoms with Crippen LogP contribution in [0.2, 0.25) is 5.15 Å². The van der Waals surface area contributed by atoms with Gasteiger partial charge in [-0.3, -0.25) is 0 Å². The molecule has 0 unspecified atom stereocenters. The number of ether oxygens (including phenoxy) is 3. The van der Waals surface area contributed by atoms with E-state index in [-0.39, 0.29) is 0 Å². The normalized spacial score (nSPS) is 10.4. The van der Waals surface area contributed by atoms with E-state index in [1.807, 2.05) is 6.92 Å². The van der Waals surface area contributed by atoms with E-state index in [4.69, 9.17) is 25.8 Å². The van der Waals surface area contributed by atoms with Crippen LogP contribution in [0.25, 0.3) is 11.4 Å². The molecular weight excluding hydrogens is 407 g/mol. The van der Waals surface area contributed by atoms with Gasteiger partial charge in [0.15, 0.2) is 17.3 Å². The summed E-state index contributed by atoms with van der Waals surface area (Å²) in [6.45, 7) is 1.88. The second-order valence-electron chi connectivity index (χ2n) is 4.14. The standard InChI is InChI=1S/C14H14ClIN2O3/c1-7-12(16)13(15)18-14(17-7)8-5-10(20-3)11(21-4)6-9(8)19-2/h5-6H,1-4H3. The number of halogens is 2. The lowest BCUT2D eigenvalue weighted by molar-refractivity contribution is 0.349. The highest BCUT2D eigenvalue weighted by atomic mass is 127. The molecule has 1 aromatic carbocycles. The van der Waals surface area contributed by atoms with Crippen molar-refractivity contribution >= 4 is 34.2 Å². The Kier molecular flexibility index (Phi) is 5.10. The third-order valence-electron chi connectivity index (χ3n) is 2.92. The van der Waals surface area contributed by atoms with Crippen molar-refractivity contribution in [3.8, 4) is 28.6 Å². The number of rotatable bonds is 4. The quantitative estimate of drug-likeness (QED) is 0.557. The summed E-state index contributed by atoms with van der Waals surface area (Å²) in [6.07, 6.45) is 0. The summed E-state index contributed by atoms with van der Waals surface area (Å²) < 4.78 is 16.8. The van der Waals surface area contributed by atoms with Gasteiger partial charge in [-0.05, 0) is 35.6 Å². The van der Waals surface area contributed by atoms with Gasteiger partial charge in [0, 0.05) is 6.07 Å². The van der Waals surface area contributed by atoms with Crippen molar-refractivity contribution in [3.05, 3.63) is 26.5 Å². The van der Waals surface area contributed by atoms with Crippen LogP contribution < -0.4 is 14.2 Å². The Morgan fingerprint density at radius 3 is 2.05 bits per heavy atom. The van der Waals surface area contributed by atoms with E-state index in [0.717, 1.165) is 9.26 Å². The molecule has 0 fully saturated rings. The summed E-state index contributed by atoms with van der Waals surface area (Å²) in [4.78, 5) is 8.78. The molecule has 0 aliphatic rings. The predicted octanol–water partition coefficient (Wildman–Crippen LogP) is 3.74. The van der Waals surface area contributed by atoms with Crippen LogP contribution in [0.4, 0.5) is 0 Å². The van der Waals surface area contributed by atoms with E-state index >= 15 is 0 Å². The molecule has 0 spiro atoms.